The van der Waals surface area contributed by atoms with E-state index in [9.17, 15) is 14.4 Å². The van der Waals surface area contributed by atoms with Crippen molar-refractivity contribution in [2.45, 2.75) is 20.3 Å². The molecule has 1 N–H and O–H groups in total. The Balaban J connectivity index is 1.32. The summed E-state index contributed by atoms with van der Waals surface area (Å²) in [6.07, 6.45) is 0.856. The Labute approximate surface area is 181 Å². The van der Waals surface area contributed by atoms with Crippen LogP contribution in [0.4, 0.5) is 0 Å². The van der Waals surface area contributed by atoms with Crippen LogP contribution in [-0.2, 0) is 16.0 Å². The average molecular weight is 413 g/mol. The van der Waals surface area contributed by atoms with Gasteiger partial charge in [0.15, 0.2) is 12.4 Å². The Kier molecular flexibility index (Phi) is 5.67. The van der Waals surface area contributed by atoms with Gasteiger partial charge in [-0.1, -0.05) is 53.6 Å². The van der Waals surface area contributed by atoms with Crippen molar-refractivity contribution in [1.82, 2.24) is 5.32 Å². The van der Waals surface area contributed by atoms with Crippen LogP contribution in [0.2, 0.25) is 0 Å². The fraction of sp³-hybridized carbons (Fsp3) is 0.192. The Hall–Kier alpha value is -3.73. The van der Waals surface area contributed by atoms with E-state index >= 15 is 0 Å². The smallest absolute Gasteiger partial charge is 0.325 e. The van der Waals surface area contributed by atoms with Gasteiger partial charge in [0.1, 0.15) is 6.54 Å². The second-order valence-electron chi connectivity index (χ2n) is 7.85. The first kappa shape index (κ1) is 20.5. The predicted molar refractivity (Wildman–Crippen MR) is 118 cm³/mol. The van der Waals surface area contributed by atoms with Crippen LogP contribution in [0.25, 0.3) is 11.1 Å². The average Bonchev–Trinajstić information content (AvgIpc) is 3.13. The third-order valence-corrected chi connectivity index (χ3v) is 5.36. The molecule has 1 aliphatic carbocycles. The monoisotopic (exact) mass is 413 g/mol. The van der Waals surface area contributed by atoms with E-state index in [4.69, 9.17) is 4.74 Å². The molecule has 156 valence electrons. The number of ketones is 1. The molecule has 0 atom stereocenters. The first-order chi connectivity index (χ1) is 14.9. The molecule has 3 aromatic carbocycles. The van der Waals surface area contributed by atoms with Crippen molar-refractivity contribution in [3.8, 4) is 11.1 Å². The highest BCUT2D eigenvalue weighted by molar-refractivity contribution is 6.00. The van der Waals surface area contributed by atoms with Crippen LogP contribution in [0.3, 0.4) is 0 Å². The van der Waals surface area contributed by atoms with Crippen molar-refractivity contribution in [3.05, 3.63) is 94.0 Å². The highest BCUT2D eigenvalue weighted by atomic mass is 16.5. The van der Waals surface area contributed by atoms with Crippen LogP contribution in [-0.4, -0.2) is 30.8 Å². The van der Waals surface area contributed by atoms with E-state index in [1.54, 1.807) is 18.2 Å². The Morgan fingerprint density at radius 2 is 1.55 bits per heavy atom. The number of benzene rings is 3. The summed E-state index contributed by atoms with van der Waals surface area (Å²) in [7, 11) is 0. The van der Waals surface area contributed by atoms with Crippen LogP contribution in [0.5, 0.6) is 0 Å². The summed E-state index contributed by atoms with van der Waals surface area (Å²) in [5.74, 6) is -1.29. The second-order valence-corrected chi connectivity index (χ2v) is 7.85. The summed E-state index contributed by atoms with van der Waals surface area (Å²) in [4.78, 5) is 36.8. The van der Waals surface area contributed by atoms with E-state index in [-0.39, 0.29) is 24.8 Å². The van der Waals surface area contributed by atoms with Gasteiger partial charge in [0.2, 0.25) is 0 Å². The molecule has 0 saturated carbocycles. The summed E-state index contributed by atoms with van der Waals surface area (Å²) < 4.78 is 5.08. The SMILES string of the molecule is Cc1cc(C)cc(C(=O)NCC(=O)OCC(=O)c2ccc3c(c2)-c2ccccc2C3)c1. The maximum atomic E-state index is 12.5. The van der Waals surface area contributed by atoms with Crippen molar-refractivity contribution in [1.29, 1.82) is 0 Å². The van der Waals surface area contributed by atoms with E-state index in [0.29, 0.717) is 11.1 Å². The summed E-state index contributed by atoms with van der Waals surface area (Å²) in [6.45, 7) is 3.15. The van der Waals surface area contributed by atoms with Crippen molar-refractivity contribution < 1.29 is 19.1 Å². The summed E-state index contributed by atoms with van der Waals surface area (Å²) in [6, 6.07) is 19.2. The van der Waals surface area contributed by atoms with E-state index in [2.05, 4.69) is 11.4 Å². The lowest BCUT2D eigenvalue weighted by Crippen LogP contribution is -2.31. The molecule has 5 nitrogen and oxygen atoms in total. The van der Waals surface area contributed by atoms with Crippen LogP contribution in [0, 0.1) is 13.8 Å². The number of esters is 1. The van der Waals surface area contributed by atoms with E-state index in [0.717, 1.165) is 28.7 Å². The highest BCUT2D eigenvalue weighted by Gasteiger charge is 2.20. The van der Waals surface area contributed by atoms with Crippen molar-refractivity contribution in [2.75, 3.05) is 13.2 Å². The second kappa shape index (κ2) is 8.56. The molecule has 1 amide bonds. The highest BCUT2D eigenvalue weighted by Crippen LogP contribution is 2.36. The maximum Gasteiger partial charge on any atom is 0.325 e. The molecule has 0 saturated heterocycles. The van der Waals surface area contributed by atoms with Gasteiger partial charge in [-0.05, 0) is 60.7 Å². The summed E-state index contributed by atoms with van der Waals surface area (Å²) in [5.41, 5.74) is 7.54. The number of ether oxygens (including phenoxy) is 1. The number of aryl methyl sites for hydroxylation is 2. The van der Waals surface area contributed by atoms with Crippen LogP contribution in [0.1, 0.15) is 43.0 Å². The molecule has 31 heavy (non-hydrogen) atoms. The molecular weight excluding hydrogens is 390 g/mol. The number of carbonyl (C=O) groups excluding carboxylic acids is 3. The van der Waals surface area contributed by atoms with Gasteiger partial charge in [-0.15, -0.1) is 0 Å². The molecule has 0 heterocycles. The summed E-state index contributed by atoms with van der Waals surface area (Å²) in [5, 5.41) is 2.54. The zero-order valence-electron chi connectivity index (χ0n) is 17.5. The number of hydrogen-bond acceptors (Lipinski definition) is 4. The van der Waals surface area contributed by atoms with E-state index in [1.807, 2.05) is 50.2 Å². The van der Waals surface area contributed by atoms with Crippen LogP contribution < -0.4 is 5.32 Å². The Morgan fingerprint density at radius 1 is 0.839 bits per heavy atom. The van der Waals surface area contributed by atoms with Gasteiger partial charge in [0.25, 0.3) is 5.91 Å². The number of Topliss-reactive ketones (excluding diaryl/α,β-unsaturated/α-hetero) is 1. The zero-order chi connectivity index (χ0) is 22.0. The molecule has 0 fully saturated rings. The zero-order valence-corrected chi connectivity index (χ0v) is 17.5. The third kappa shape index (κ3) is 4.56. The van der Waals surface area contributed by atoms with Gasteiger partial charge in [-0.2, -0.15) is 0 Å². The lowest BCUT2D eigenvalue weighted by Gasteiger charge is -2.08. The van der Waals surface area contributed by atoms with Gasteiger partial charge < -0.3 is 10.1 Å². The number of hydrogen-bond donors (Lipinski definition) is 1. The number of nitrogens with one attached hydrogen (secondary N) is 1. The minimum absolute atomic E-state index is 0.277. The molecule has 0 aromatic heterocycles. The van der Waals surface area contributed by atoms with Gasteiger partial charge in [-0.25, -0.2) is 0 Å². The molecular formula is C26H23NO4. The standard InChI is InChI=1S/C26H23NO4/c1-16-9-17(2)11-21(10-16)26(30)27-14-25(29)31-15-24(28)20-8-7-19-12-18-5-3-4-6-22(18)23(19)13-20/h3-11,13H,12,14-15H2,1-2H3,(H,27,30). The molecule has 0 unspecified atom stereocenters. The molecule has 0 aliphatic heterocycles. The molecule has 0 spiro atoms. The van der Waals surface area contributed by atoms with E-state index in [1.165, 1.54) is 11.1 Å². The fourth-order valence-corrected chi connectivity index (χ4v) is 3.94. The van der Waals surface area contributed by atoms with Crippen molar-refractivity contribution in [3.63, 3.8) is 0 Å². The third-order valence-electron chi connectivity index (χ3n) is 5.36. The maximum absolute atomic E-state index is 12.5. The van der Waals surface area contributed by atoms with Crippen LogP contribution >= 0.6 is 0 Å². The fourth-order valence-electron chi connectivity index (χ4n) is 3.94. The van der Waals surface area contributed by atoms with Gasteiger partial charge in [0.05, 0.1) is 0 Å². The number of fused-ring (bicyclic) bond motifs is 3. The van der Waals surface area contributed by atoms with Gasteiger partial charge >= 0.3 is 5.97 Å². The lowest BCUT2D eigenvalue weighted by atomic mass is 10.0. The first-order valence-electron chi connectivity index (χ1n) is 10.2. The molecule has 0 radical (unpaired) electrons. The number of amides is 1. The summed E-state index contributed by atoms with van der Waals surface area (Å²) >= 11 is 0. The van der Waals surface area contributed by atoms with Crippen molar-refractivity contribution in [2.24, 2.45) is 0 Å². The Morgan fingerprint density at radius 3 is 2.32 bits per heavy atom. The minimum Gasteiger partial charge on any atom is -0.456 e. The number of carbonyl (C=O) groups is 3. The quantitative estimate of drug-likeness (QED) is 0.383. The normalized spacial score (nSPS) is 11.4. The first-order valence-corrected chi connectivity index (χ1v) is 10.2. The van der Waals surface area contributed by atoms with Gasteiger partial charge in [-0.3, -0.25) is 14.4 Å². The molecule has 5 heteroatoms. The van der Waals surface area contributed by atoms with E-state index < -0.39 is 5.97 Å². The molecule has 1 aliphatic rings. The lowest BCUT2D eigenvalue weighted by molar-refractivity contribution is -0.141. The largest absolute Gasteiger partial charge is 0.456 e. The van der Waals surface area contributed by atoms with Crippen LogP contribution in [0.15, 0.2) is 60.7 Å². The van der Waals surface area contributed by atoms with Gasteiger partial charge in [0, 0.05) is 11.1 Å². The predicted octanol–water partition coefficient (Wildman–Crippen LogP) is 4.03. The molecule has 3 aromatic rings. The van der Waals surface area contributed by atoms with Crippen molar-refractivity contribution >= 4 is 17.7 Å². The molecule has 4 rings (SSSR count). The topological polar surface area (TPSA) is 72.5 Å². The minimum atomic E-state index is -0.655. The molecule has 0 bridgehead atoms. The Bertz CT molecular complexity index is 1180. The number of rotatable bonds is 6.